The molecule has 2 atom stereocenters. The summed E-state index contributed by atoms with van der Waals surface area (Å²) in [5, 5.41) is 21.6. The first kappa shape index (κ1) is 14.7. The zero-order valence-corrected chi connectivity index (χ0v) is 12.6. The number of aromatic nitrogens is 3. The molecule has 0 aromatic carbocycles. The molecule has 3 rings (SSSR count). The van der Waals surface area contributed by atoms with E-state index >= 15 is 0 Å². The van der Waals surface area contributed by atoms with Crippen LogP contribution in [-0.4, -0.2) is 38.0 Å². The van der Waals surface area contributed by atoms with Crippen LogP contribution in [-0.2, 0) is 11.3 Å². The summed E-state index contributed by atoms with van der Waals surface area (Å²) >= 11 is 1.62. The van der Waals surface area contributed by atoms with Gasteiger partial charge in [-0.2, -0.15) is 0 Å². The monoisotopic (exact) mass is 320 g/mol. The molecule has 7 nitrogen and oxygen atoms in total. The zero-order chi connectivity index (χ0) is 15.5. The van der Waals surface area contributed by atoms with Crippen molar-refractivity contribution in [3.63, 3.8) is 0 Å². The second kappa shape index (κ2) is 6.27. The fourth-order valence-corrected chi connectivity index (χ4v) is 3.33. The van der Waals surface area contributed by atoms with Gasteiger partial charge in [0.1, 0.15) is 0 Å². The Hall–Kier alpha value is -2.22. The van der Waals surface area contributed by atoms with Gasteiger partial charge in [-0.05, 0) is 30.7 Å². The van der Waals surface area contributed by atoms with Crippen molar-refractivity contribution in [2.24, 2.45) is 5.92 Å². The van der Waals surface area contributed by atoms with E-state index in [1.807, 2.05) is 17.5 Å². The molecule has 1 saturated carbocycles. The molecule has 1 aliphatic rings. The molecular weight excluding hydrogens is 304 g/mol. The van der Waals surface area contributed by atoms with Gasteiger partial charge in [0.05, 0.1) is 18.7 Å². The van der Waals surface area contributed by atoms with Gasteiger partial charge >= 0.3 is 5.97 Å². The third-order valence-corrected chi connectivity index (χ3v) is 4.65. The highest BCUT2D eigenvalue weighted by atomic mass is 32.1. The number of amides is 1. The van der Waals surface area contributed by atoms with Gasteiger partial charge in [-0.15, -0.1) is 16.4 Å². The van der Waals surface area contributed by atoms with Crippen LogP contribution in [0.5, 0.6) is 0 Å². The molecule has 22 heavy (non-hydrogen) atoms. The van der Waals surface area contributed by atoms with E-state index in [-0.39, 0.29) is 23.6 Å². The lowest BCUT2D eigenvalue weighted by molar-refractivity contribution is -0.141. The minimum absolute atomic E-state index is 0.101. The summed E-state index contributed by atoms with van der Waals surface area (Å²) in [5.74, 6) is -1.45. The largest absolute Gasteiger partial charge is 0.481 e. The molecule has 8 heteroatoms. The van der Waals surface area contributed by atoms with Gasteiger partial charge in [0.15, 0.2) is 5.69 Å². The Balaban J connectivity index is 1.57. The standard InChI is InChI=1S/C14H16N4O3S/c19-13(15-10-4-3-9(6-10)14(20)21)12-8-18(17-16-12)7-11-2-1-5-22-11/h1-2,5,8-10H,3-4,6-7H2,(H,15,19)(H,20,21)/t9-,10+/m1/s1. The lowest BCUT2D eigenvalue weighted by atomic mass is 10.1. The van der Waals surface area contributed by atoms with Crippen LogP contribution in [0.2, 0.25) is 0 Å². The highest BCUT2D eigenvalue weighted by molar-refractivity contribution is 7.09. The first-order chi connectivity index (χ1) is 10.6. The Kier molecular flexibility index (Phi) is 4.19. The smallest absolute Gasteiger partial charge is 0.306 e. The van der Waals surface area contributed by atoms with Crippen molar-refractivity contribution >= 4 is 23.2 Å². The van der Waals surface area contributed by atoms with Crippen LogP contribution in [0.4, 0.5) is 0 Å². The number of carboxylic acid groups (broad SMARTS) is 1. The van der Waals surface area contributed by atoms with Crippen LogP contribution in [0.15, 0.2) is 23.7 Å². The fraction of sp³-hybridized carbons (Fsp3) is 0.429. The van der Waals surface area contributed by atoms with E-state index in [9.17, 15) is 9.59 Å². The molecule has 0 radical (unpaired) electrons. The molecule has 116 valence electrons. The molecule has 2 aromatic rings. The minimum atomic E-state index is -0.793. The van der Waals surface area contributed by atoms with Crippen LogP contribution in [0.1, 0.15) is 34.6 Å². The number of nitrogens with one attached hydrogen (secondary N) is 1. The number of carbonyl (C=O) groups is 2. The van der Waals surface area contributed by atoms with Crippen molar-refractivity contribution in [2.45, 2.75) is 31.8 Å². The van der Waals surface area contributed by atoms with Gasteiger partial charge in [0, 0.05) is 10.9 Å². The zero-order valence-electron chi connectivity index (χ0n) is 11.8. The van der Waals surface area contributed by atoms with Crippen LogP contribution < -0.4 is 5.32 Å². The number of aliphatic carboxylic acids is 1. The maximum Gasteiger partial charge on any atom is 0.306 e. The molecule has 2 N–H and O–H groups in total. The van der Waals surface area contributed by atoms with Gasteiger partial charge < -0.3 is 10.4 Å². The normalized spacial score (nSPS) is 20.9. The van der Waals surface area contributed by atoms with Gasteiger partial charge in [-0.3, -0.25) is 9.59 Å². The quantitative estimate of drug-likeness (QED) is 0.867. The summed E-state index contributed by atoms with van der Waals surface area (Å²) in [6.07, 6.45) is 3.38. The lowest BCUT2D eigenvalue weighted by Gasteiger charge is -2.10. The fourth-order valence-electron chi connectivity index (χ4n) is 2.64. The summed E-state index contributed by atoms with van der Waals surface area (Å²) in [4.78, 5) is 24.2. The van der Waals surface area contributed by atoms with Crippen molar-refractivity contribution < 1.29 is 14.7 Å². The first-order valence-corrected chi connectivity index (χ1v) is 7.96. The van der Waals surface area contributed by atoms with Crippen LogP contribution in [0, 0.1) is 5.92 Å². The summed E-state index contributed by atoms with van der Waals surface area (Å²) in [7, 11) is 0. The van der Waals surface area contributed by atoms with Gasteiger partial charge in [0.25, 0.3) is 5.91 Å². The van der Waals surface area contributed by atoms with Crippen molar-refractivity contribution in [3.8, 4) is 0 Å². The summed E-state index contributed by atoms with van der Waals surface area (Å²) in [6, 6.07) is 3.86. The molecule has 1 fully saturated rings. The molecule has 0 bridgehead atoms. The Morgan fingerprint density at radius 3 is 3.00 bits per heavy atom. The maximum atomic E-state index is 12.1. The highest BCUT2D eigenvalue weighted by Gasteiger charge is 2.31. The number of hydrogen-bond acceptors (Lipinski definition) is 5. The van der Waals surface area contributed by atoms with Gasteiger partial charge in [-0.1, -0.05) is 11.3 Å². The van der Waals surface area contributed by atoms with Crippen LogP contribution >= 0.6 is 11.3 Å². The number of thiophene rings is 1. The number of nitrogens with zero attached hydrogens (tertiary/aromatic N) is 3. The molecule has 1 amide bonds. The van der Waals surface area contributed by atoms with Crippen molar-refractivity contribution in [1.29, 1.82) is 0 Å². The Morgan fingerprint density at radius 2 is 2.32 bits per heavy atom. The molecule has 0 aliphatic heterocycles. The minimum Gasteiger partial charge on any atom is -0.481 e. The Morgan fingerprint density at radius 1 is 1.45 bits per heavy atom. The molecule has 0 spiro atoms. The van der Waals surface area contributed by atoms with E-state index in [2.05, 4.69) is 15.6 Å². The number of rotatable bonds is 5. The van der Waals surface area contributed by atoms with E-state index in [1.165, 1.54) is 0 Å². The van der Waals surface area contributed by atoms with Crippen LogP contribution in [0.25, 0.3) is 0 Å². The lowest BCUT2D eigenvalue weighted by Crippen LogP contribution is -2.33. The number of carboxylic acids is 1. The summed E-state index contributed by atoms with van der Waals surface area (Å²) in [5.41, 5.74) is 0.260. The molecular formula is C14H16N4O3S. The van der Waals surface area contributed by atoms with E-state index in [0.717, 1.165) is 4.88 Å². The van der Waals surface area contributed by atoms with Crippen molar-refractivity contribution in [1.82, 2.24) is 20.3 Å². The topological polar surface area (TPSA) is 97.1 Å². The maximum absolute atomic E-state index is 12.1. The second-order valence-electron chi connectivity index (χ2n) is 5.40. The number of hydrogen-bond donors (Lipinski definition) is 2. The predicted octanol–water partition coefficient (Wildman–Crippen LogP) is 1.37. The molecule has 2 aromatic heterocycles. The summed E-state index contributed by atoms with van der Waals surface area (Å²) < 4.78 is 1.62. The van der Waals surface area contributed by atoms with Crippen molar-refractivity contribution in [3.05, 3.63) is 34.3 Å². The Bertz CT molecular complexity index is 667. The second-order valence-corrected chi connectivity index (χ2v) is 6.43. The van der Waals surface area contributed by atoms with E-state index in [4.69, 9.17) is 5.11 Å². The molecule has 0 unspecified atom stereocenters. The molecule has 2 heterocycles. The predicted molar refractivity (Wildman–Crippen MR) is 79.7 cm³/mol. The highest BCUT2D eigenvalue weighted by Crippen LogP contribution is 2.25. The van der Waals surface area contributed by atoms with Gasteiger partial charge in [0.2, 0.25) is 0 Å². The average molecular weight is 320 g/mol. The van der Waals surface area contributed by atoms with E-state index in [1.54, 1.807) is 22.2 Å². The van der Waals surface area contributed by atoms with E-state index in [0.29, 0.717) is 25.8 Å². The molecule has 1 aliphatic carbocycles. The average Bonchev–Trinajstić information content (AvgIpc) is 3.19. The Labute approximate surface area is 131 Å². The van der Waals surface area contributed by atoms with Crippen LogP contribution in [0.3, 0.4) is 0 Å². The molecule has 0 saturated heterocycles. The van der Waals surface area contributed by atoms with Crippen molar-refractivity contribution in [2.75, 3.05) is 0 Å². The third-order valence-electron chi connectivity index (χ3n) is 3.79. The van der Waals surface area contributed by atoms with E-state index < -0.39 is 5.97 Å². The number of carbonyl (C=O) groups excluding carboxylic acids is 1. The summed E-state index contributed by atoms with van der Waals surface area (Å²) in [6.45, 7) is 0.586. The third kappa shape index (κ3) is 3.33. The SMILES string of the molecule is O=C(N[C@H]1CC[C@@H](C(=O)O)C1)c1cn(Cc2cccs2)nn1. The van der Waals surface area contributed by atoms with Gasteiger partial charge in [-0.25, -0.2) is 4.68 Å². The first-order valence-electron chi connectivity index (χ1n) is 7.08.